The molecular weight excluding hydrogens is 309 g/mol. The molecule has 0 heterocycles. The number of nitrogens with one attached hydrogen (secondary N) is 1. The summed E-state index contributed by atoms with van der Waals surface area (Å²) >= 11 is 0. The van der Waals surface area contributed by atoms with E-state index in [0.29, 0.717) is 5.56 Å². The van der Waals surface area contributed by atoms with Crippen LogP contribution in [0.1, 0.15) is 18.9 Å². The first-order valence-electron chi connectivity index (χ1n) is 6.57. The summed E-state index contributed by atoms with van der Waals surface area (Å²) in [7, 11) is 0. The summed E-state index contributed by atoms with van der Waals surface area (Å²) in [4.78, 5) is 11.6. The third kappa shape index (κ3) is 6.73. The Kier molecular flexibility index (Phi) is 6.58. The van der Waals surface area contributed by atoms with Crippen LogP contribution in [0.5, 0.6) is 5.75 Å². The number of halogens is 5. The Hall–Kier alpha value is -1.86. The van der Waals surface area contributed by atoms with Gasteiger partial charge in [0.2, 0.25) is 5.91 Å². The summed E-state index contributed by atoms with van der Waals surface area (Å²) in [5.41, 5.74) is 0.376. The molecule has 1 aromatic carbocycles. The third-order valence-corrected chi connectivity index (χ3v) is 2.76. The molecule has 22 heavy (non-hydrogen) atoms. The van der Waals surface area contributed by atoms with Crippen molar-refractivity contribution in [3.63, 3.8) is 0 Å². The van der Waals surface area contributed by atoms with Gasteiger partial charge in [-0.15, -0.1) is 0 Å². The fourth-order valence-corrected chi connectivity index (χ4v) is 1.70. The van der Waals surface area contributed by atoms with E-state index in [1.54, 1.807) is 0 Å². The van der Waals surface area contributed by atoms with Gasteiger partial charge in [-0.3, -0.25) is 4.79 Å². The minimum Gasteiger partial charge on any atom is -0.484 e. The largest absolute Gasteiger partial charge is 0.484 e. The second-order valence-electron chi connectivity index (χ2n) is 4.64. The summed E-state index contributed by atoms with van der Waals surface area (Å²) in [6.07, 6.45) is -7.26. The summed E-state index contributed by atoms with van der Waals surface area (Å²) in [6.45, 7) is 0.0780. The lowest BCUT2D eigenvalue weighted by molar-refractivity contribution is -0.153. The zero-order valence-electron chi connectivity index (χ0n) is 11.8. The van der Waals surface area contributed by atoms with Crippen LogP contribution in [0.2, 0.25) is 0 Å². The van der Waals surface area contributed by atoms with Crippen molar-refractivity contribution in [1.29, 1.82) is 0 Å². The van der Waals surface area contributed by atoms with E-state index in [0.717, 1.165) is 0 Å². The molecule has 3 nitrogen and oxygen atoms in total. The Labute approximate surface area is 124 Å². The van der Waals surface area contributed by atoms with Crippen LogP contribution in [0.4, 0.5) is 22.0 Å². The van der Waals surface area contributed by atoms with Crippen molar-refractivity contribution in [2.45, 2.75) is 38.4 Å². The lowest BCUT2D eigenvalue weighted by Gasteiger charge is -2.16. The molecule has 1 aromatic rings. The normalized spacial score (nSPS) is 13.0. The Bertz CT molecular complexity index is 490. The molecule has 1 unspecified atom stereocenters. The van der Waals surface area contributed by atoms with Crippen molar-refractivity contribution in [1.82, 2.24) is 5.32 Å². The Balaban J connectivity index is 2.60. The third-order valence-electron chi connectivity index (χ3n) is 2.76. The molecule has 0 aliphatic carbocycles. The van der Waals surface area contributed by atoms with Crippen LogP contribution in [0.25, 0.3) is 0 Å². The molecule has 0 bridgehead atoms. The molecule has 0 aromatic heterocycles. The lowest BCUT2D eigenvalue weighted by atomic mass is 10.1. The fourth-order valence-electron chi connectivity index (χ4n) is 1.70. The number of carbonyl (C=O) groups excluding carboxylic acids is 1. The highest BCUT2D eigenvalue weighted by Crippen LogP contribution is 2.19. The molecule has 124 valence electrons. The smallest absolute Gasteiger partial charge is 0.422 e. The number of alkyl halides is 5. The van der Waals surface area contributed by atoms with Crippen LogP contribution in [-0.4, -0.2) is 31.2 Å². The van der Waals surface area contributed by atoms with Gasteiger partial charge >= 0.3 is 6.18 Å². The first kappa shape index (κ1) is 18.2. The lowest BCUT2D eigenvalue weighted by Crippen LogP contribution is -2.40. The van der Waals surface area contributed by atoms with Crippen LogP contribution in [-0.2, 0) is 11.2 Å². The maximum atomic E-state index is 12.5. The summed E-state index contributed by atoms with van der Waals surface area (Å²) in [6, 6.07) is 4.29. The molecule has 1 rings (SSSR count). The Morgan fingerprint density at radius 2 is 2.00 bits per heavy atom. The maximum Gasteiger partial charge on any atom is 0.422 e. The molecule has 0 fully saturated rings. The SMILES string of the molecule is CCC(NC(=O)Cc1cccc(OCC(F)(F)F)c1)C(F)F. The maximum absolute atomic E-state index is 12.5. The monoisotopic (exact) mass is 325 g/mol. The van der Waals surface area contributed by atoms with Gasteiger partial charge in [0.15, 0.2) is 6.61 Å². The zero-order chi connectivity index (χ0) is 16.8. The number of benzene rings is 1. The second-order valence-corrected chi connectivity index (χ2v) is 4.64. The van der Waals surface area contributed by atoms with Crippen LogP contribution >= 0.6 is 0 Å². The van der Waals surface area contributed by atoms with E-state index in [1.807, 2.05) is 0 Å². The predicted octanol–water partition coefficient (Wildman–Crippen LogP) is 3.33. The molecule has 0 spiro atoms. The van der Waals surface area contributed by atoms with Gasteiger partial charge in [0.25, 0.3) is 6.43 Å². The van der Waals surface area contributed by atoms with E-state index in [1.165, 1.54) is 31.2 Å². The molecule has 1 atom stereocenters. The standard InChI is InChI=1S/C14H16F5NO2/c1-2-11(13(15)16)20-12(21)7-9-4-3-5-10(6-9)22-8-14(17,18)19/h3-6,11,13H,2,7-8H2,1H3,(H,20,21). The van der Waals surface area contributed by atoms with Gasteiger partial charge in [0.1, 0.15) is 5.75 Å². The van der Waals surface area contributed by atoms with E-state index >= 15 is 0 Å². The van der Waals surface area contributed by atoms with Gasteiger partial charge in [-0.05, 0) is 24.1 Å². The first-order chi connectivity index (χ1) is 10.2. The highest BCUT2D eigenvalue weighted by Gasteiger charge is 2.28. The minimum absolute atomic E-state index is 0.0384. The van der Waals surface area contributed by atoms with Crippen molar-refractivity contribution < 1.29 is 31.5 Å². The van der Waals surface area contributed by atoms with Gasteiger partial charge in [-0.1, -0.05) is 19.1 Å². The number of hydrogen-bond acceptors (Lipinski definition) is 2. The van der Waals surface area contributed by atoms with Crippen LogP contribution in [0.3, 0.4) is 0 Å². The number of rotatable bonds is 7. The van der Waals surface area contributed by atoms with Gasteiger partial charge in [-0.25, -0.2) is 8.78 Å². The van der Waals surface area contributed by atoms with Crippen LogP contribution < -0.4 is 10.1 Å². The second kappa shape index (κ2) is 7.95. The van der Waals surface area contributed by atoms with Gasteiger partial charge in [0.05, 0.1) is 12.5 Å². The molecule has 1 N–H and O–H groups in total. The molecule has 0 aliphatic rings. The number of ether oxygens (including phenoxy) is 1. The van der Waals surface area contributed by atoms with E-state index in [9.17, 15) is 26.7 Å². The van der Waals surface area contributed by atoms with Crippen molar-refractivity contribution in [2.75, 3.05) is 6.61 Å². The van der Waals surface area contributed by atoms with Gasteiger partial charge in [-0.2, -0.15) is 13.2 Å². The van der Waals surface area contributed by atoms with Crippen LogP contribution in [0, 0.1) is 0 Å². The van der Waals surface area contributed by atoms with E-state index in [-0.39, 0.29) is 18.6 Å². The molecule has 0 saturated heterocycles. The topological polar surface area (TPSA) is 38.3 Å². The molecule has 0 aliphatic heterocycles. The molecular formula is C14H16F5NO2. The molecule has 8 heteroatoms. The predicted molar refractivity (Wildman–Crippen MR) is 69.9 cm³/mol. The van der Waals surface area contributed by atoms with Crippen molar-refractivity contribution in [2.24, 2.45) is 0 Å². The van der Waals surface area contributed by atoms with Gasteiger partial charge in [0, 0.05) is 0 Å². The average Bonchev–Trinajstić information content (AvgIpc) is 2.42. The minimum atomic E-state index is -4.46. The quantitative estimate of drug-likeness (QED) is 0.781. The van der Waals surface area contributed by atoms with Crippen molar-refractivity contribution >= 4 is 5.91 Å². The highest BCUT2D eigenvalue weighted by molar-refractivity contribution is 5.79. The highest BCUT2D eigenvalue weighted by atomic mass is 19.4. The van der Waals surface area contributed by atoms with E-state index in [4.69, 9.17) is 0 Å². The number of carbonyl (C=O) groups is 1. The number of hydrogen-bond donors (Lipinski definition) is 1. The fraction of sp³-hybridized carbons (Fsp3) is 0.500. The number of amides is 1. The van der Waals surface area contributed by atoms with Crippen molar-refractivity contribution in [3.8, 4) is 5.75 Å². The molecule has 0 radical (unpaired) electrons. The van der Waals surface area contributed by atoms with Crippen molar-refractivity contribution in [3.05, 3.63) is 29.8 Å². The van der Waals surface area contributed by atoms with Gasteiger partial charge < -0.3 is 10.1 Å². The summed E-state index contributed by atoms with van der Waals surface area (Å²) in [5.74, 6) is -0.663. The zero-order valence-corrected chi connectivity index (χ0v) is 11.8. The average molecular weight is 325 g/mol. The Morgan fingerprint density at radius 1 is 1.32 bits per heavy atom. The van der Waals surface area contributed by atoms with E-state index < -0.39 is 31.2 Å². The van der Waals surface area contributed by atoms with Crippen LogP contribution in [0.15, 0.2) is 24.3 Å². The van der Waals surface area contributed by atoms with E-state index in [2.05, 4.69) is 10.1 Å². The molecule has 1 amide bonds. The molecule has 0 saturated carbocycles. The first-order valence-corrected chi connectivity index (χ1v) is 6.57. The summed E-state index contributed by atoms with van der Waals surface area (Å²) in [5, 5.41) is 2.18. The Morgan fingerprint density at radius 3 is 2.55 bits per heavy atom. The summed E-state index contributed by atoms with van der Waals surface area (Å²) < 4.78 is 65.8.